The monoisotopic (exact) mass is 313 g/mol. The van der Waals surface area contributed by atoms with Crippen molar-refractivity contribution in [3.63, 3.8) is 0 Å². The van der Waals surface area contributed by atoms with Gasteiger partial charge in [0.05, 0.1) is 0 Å². The van der Waals surface area contributed by atoms with Gasteiger partial charge >= 0.3 is 0 Å². The quantitative estimate of drug-likeness (QED) is 0.722. The number of carbonyl (C=O) groups excluding carboxylic acids is 1. The lowest BCUT2D eigenvalue weighted by atomic mass is 10.1. The SMILES string of the molecule is CCCN(C=O)CCc1cccc(OCc2ccccc2)c1O. The van der Waals surface area contributed by atoms with Gasteiger partial charge in [-0.1, -0.05) is 49.4 Å². The Morgan fingerprint density at radius 2 is 1.87 bits per heavy atom. The normalized spacial score (nSPS) is 10.3. The van der Waals surface area contributed by atoms with E-state index < -0.39 is 0 Å². The van der Waals surface area contributed by atoms with Crippen LogP contribution in [-0.2, 0) is 17.8 Å². The van der Waals surface area contributed by atoms with Gasteiger partial charge in [0.25, 0.3) is 0 Å². The van der Waals surface area contributed by atoms with Crippen LogP contribution in [0.1, 0.15) is 24.5 Å². The first-order chi connectivity index (χ1) is 11.2. The first kappa shape index (κ1) is 16.9. The van der Waals surface area contributed by atoms with Gasteiger partial charge in [-0.25, -0.2) is 0 Å². The maximum absolute atomic E-state index is 11.0. The van der Waals surface area contributed by atoms with Crippen molar-refractivity contribution in [2.75, 3.05) is 13.1 Å². The molecule has 2 aromatic rings. The fraction of sp³-hybridized carbons (Fsp3) is 0.316. The second-order valence-electron chi connectivity index (χ2n) is 5.43. The number of carbonyl (C=O) groups is 1. The van der Waals surface area contributed by atoms with Crippen LogP contribution in [0, 0.1) is 0 Å². The summed E-state index contributed by atoms with van der Waals surface area (Å²) in [5.74, 6) is 0.630. The summed E-state index contributed by atoms with van der Waals surface area (Å²) in [5, 5.41) is 10.4. The standard InChI is InChI=1S/C19H23NO3/c1-2-12-20(15-21)13-11-17-9-6-10-18(19(17)22)23-14-16-7-4-3-5-8-16/h3-10,15,22H,2,11-14H2,1H3. The zero-order valence-corrected chi connectivity index (χ0v) is 13.4. The van der Waals surface area contributed by atoms with Crippen molar-refractivity contribution >= 4 is 6.41 Å². The zero-order valence-electron chi connectivity index (χ0n) is 13.4. The zero-order chi connectivity index (χ0) is 16.5. The number of ether oxygens (including phenoxy) is 1. The van der Waals surface area contributed by atoms with Crippen LogP contribution in [0.15, 0.2) is 48.5 Å². The molecule has 1 amide bonds. The molecule has 0 atom stereocenters. The summed E-state index contributed by atoms with van der Waals surface area (Å²) in [6.45, 7) is 3.77. The lowest BCUT2D eigenvalue weighted by Crippen LogP contribution is -2.25. The van der Waals surface area contributed by atoms with E-state index in [0.717, 1.165) is 30.5 Å². The molecule has 4 nitrogen and oxygen atoms in total. The topological polar surface area (TPSA) is 49.8 Å². The summed E-state index contributed by atoms with van der Waals surface area (Å²) < 4.78 is 5.71. The number of amides is 1. The molecule has 23 heavy (non-hydrogen) atoms. The first-order valence-corrected chi connectivity index (χ1v) is 7.91. The van der Waals surface area contributed by atoms with Crippen molar-refractivity contribution in [1.29, 1.82) is 0 Å². The summed E-state index contributed by atoms with van der Waals surface area (Å²) in [4.78, 5) is 12.7. The summed E-state index contributed by atoms with van der Waals surface area (Å²) in [6, 6.07) is 15.3. The largest absolute Gasteiger partial charge is 0.504 e. The number of phenols is 1. The number of aromatic hydroxyl groups is 1. The second-order valence-corrected chi connectivity index (χ2v) is 5.43. The van der Waals surface area contributed by atoms with Gasteiger partial charge in [-0.15, -0.1) is 0 Å². The number of nitrogens with zero attached hydrogens (tertiary/aromatic N) is 1. The van der Waals surface area contributed by atoms with Crippen molar-refractivity contribution in [2.24, 2.45) is 0 Å². The van der Waals surface area contributed by atoms with E-state index in [1.165, 1.54) is 0 Å². The van der Waals surface area contributed by atoms with E-state index in [-0.39, 0.29) is 5.75 Å². The van der Waals surface area contributed by atoms with E-state index in [9.17, 15) is 9.90 Å². The van der Waals surface area contributed by atoms with E-state index in [1.54, 1.807) is 11.0 Å². The van der Waals surface area contributed by atoms with Crippen molar-refractivity contribution in [2.45, 2.75) is 26.4 Å². The van der Waals surface area contributed by atoms with Gasteiger partial charge in [-0.05, 0) is 30.0 Å². The molecule has 0 spiro atoms. The molecule has 0 aliphatic rings. The fourth-order valence-electron chi connectivity index (χ4n) is 2.39. The average molecular weight is 313 g/mol. The number of para-hydroxylation sites is 1. The molecule has 0 aliphatic carbocycles. The smallest absolute Gasteiger partial charge is 0.209 e. The fourth-order valence-corrected chi connectivity index (χ4v) is 2.39. The molecular formula is C19H23NO3. The Bertz CT molecular complexity index is 613. The molecule has 0 heterocycles. The number of rotatable bonds is 9. The molecule has 2 rings (SSSR count). The third-order valence-corrected chi connectivity index (χ3v) is 3.65. The van der Waals surface area contributed by atoms with Gasteiger partial charge in [0.1, 0.15) is 6.61 Å². The minimum atomic E-state index is 0.158. The van der Waals surface area contributed by atoms with Crippen LogP contribution in [0.2, 0.25) is 0 Å². The molecule has 122 valence electrons. The van der Waals surface area contributed by atoms with Crippen molar-refractivity contribution in [3.05, 3.63) is 59.7 Å². The van der Waals surface area contributed by atoms with Crippen LogP contribution in [0.3, 0.4) is 0 Å². The highest BCUT2D eigenvalue weighted by molar-refractivity contribution is 5.48. The average Bonchev–Trinajstić information content (AvgIpc) is 2.59. The highest BCUT2D eigenvalue weighted by Crippen LogP contribution is 2.30. The Balaban J connectivity index is 1.98. The predicted octanol–water partition coefficient (Wildman–Crippen LogP) is 3.38. The van der Waals surface area contributed by atoms with Gasteiger partial charge in [0, 0.05) is 13.1 Å². The summed E-state index contributed by atoms with van der Waals surface area (Å²) in [5.41, 5.74) is 1.84. The number of phenolic OH excluding ortho intramolecular Hbond substituents is 1. The minimum absolute atomic E-state index is 0.158. The number of hydrogen-bond acceptors (Lipinski definition) is 3. The first-order valence-electron chi connectivity index (χ1n) is 7.91. The second kappa shape index (κ2) is 8.83. The third kappa shape index (κ3) is 5.02. The summed E-state index contributed by atoms with van der Waals surface area (Å²) in [7, 11) is 0. The van der Waals surface area contributed by atoms with E-state index >= 15 is 0 Å². The summed E-state index contributed by atoms with van der Waals surface area (Å²) in [6.07, 6.45) is 2.38. The predicted molar refractivity (Wildman–Crippen MR) is 90.5 cm³/mol. The Hall–Kier alpha value is -2.49. The molecule has 0 radical (unpaired) electrons. The lowest BCUT2D eigenvalue weighted by molar-refractivity contribution is -0.118. The highest BCUT2D eigenvalue weighted by atomic mass is 16.5. The van der Waals surface area contributed by atoms with Crippen LogP contribution >= 0.6 is 0 Å². The third-order valence-electron chi connectivity index (χ3n) is 3.65. The van der Waals surface area contributed by atoms with E-state index in [1.807, 2.05) is 49.4 Å². The maximum atomic E-state index is 11.0. The van der Waals surface area contributed by atoms with Gasteiger partial charge < -0.3 is 14.7 Å². The van der Waals surface area contributed by atoms with Gasteiger partial charge in [-0.2, -0.15) is 0 Å². The van der Waals surface area contributed by atoms with Crippen LogP contribution in [0.4, 0.5) is 0 Å². The molecule has 2 aromatic carbocycles. The molecule has 0 bridgehead atoms. The molecule has 0 unspecified atom stereocenters. The number of benzene rings is 2. The maximum Gasteiger partial charge on any atom is 0.209 e. The van der Waals surface area contributed by atoms with Crippen molar-refractivity contribution in [3.8, 4) is 11.5 Å². The number of hydrogen-bond donors (Lipinski definition) is 1. The Kier molecular flexibility index (Phi) is 6.48. The minimum Gasteiger partial charge on any atom is -0.504 e. The van der Waals surface area contributed by atoms with Crippen LogP contribution in [-0.4, -0.2) is 29.5 Å². The molecule has 1 N–H and O–H groups in total. The van der Waals surface area contributed by atoms with E-state index in [4.69, 9.17) is 4.74 Å². The van der Waals surface area contributed by atoms with E-state index in [2.05, 4.69) is 0 Å². The molecular weight excluding hydrogens is 290 g/mol. The Morgan fingerprint density at radius 1 is 1.09 bits per heavy atom. The molecule has 0 fully saturated rings. The molecule has 4 heteroatoms. The van der Waals surface area contributed by atoms with Gasteiger partial charge in [-0.3, -0.25) is 4.79 Å². The van der Waals surface area contributed by atoms with Gasteiger partial charge in [0.2, 0.25) is 6.41 Å². The van der Waals surface area contributed by atoms with Crippen LogP contribution in [0.25, 0.3) is 0 Å². The van der Waals surface area contributed by atoms with E-state index in [0.29, 0.717) is 25.3 Å². The van der Waals surface area contributed by atoms with Crippen molar-refractivity contribution < 1.29 is 14.6 Å². The Labute approximate surface area is 137 Å². The molecule has 0 saturated heterocycles. The van der Waals surface area contributed by atoms with Gasteiger partial charge in [0.15, 0.2) is 11.5 Å². The van der Waals surface area contributed by atoms with Crippen LogP contribution < -0.4 is 4.74 Å². The van der Waals surface area contributed by atoms with Crippen molar-refractivity contribution in [1.82, 2.24) is 4.90 Å². The molecule has 0 aliphatic heterocycles. The molecule has 0 saturated carbocycles. The van der Waals surface area contributed by atoms with Crippen LogP contribution in [0.5, 0.6) is 11.5 Å². The molecule has 0 aromatic heterocycles. The lowest BCUT2D eigenvalue weighted by Gasteiger charge is -2.17. The Morgan fingerprint density at radius 3 is 2.57 bits per heavy atom. The summed E-state index contributed by atoms with van der Waals surface area (Å²) >= 11 is 0. The highest BCUT2D eigenvalue weighted by Gasteiger charge is 2.10.